The molecule has 3 aliphatic heterocycles. The predicted molar refractivity (Wildman–Crippen MR) is 95.8 cm³/mol. The third kappa shape index (κ3) is 3.33. The number of fused-ring (bicyclic) bond motifs is 2. The Kier molecular flexibility index (Phi) is 4.90. The van der Waals surface area contributed by atoms with Crippen molar-refractivity contribution in [3.63, 3.8) is 0 Å². The van der Waals surface area contributed by atoms with E-state index in [-0.39, 0.29) is 18.1 Å². The lowest BCUT2D eigenvalue weighted by atomic mass is 9.78. The van der Waals surface area contributed by atoms with Crippen molar-refractivity contribution in [3.8, 4) is 0 Å². The minimum atomic E-state index is -0.906. The van der Waals surface area contributed by atoms with Crippen LogP contribution in [0.1, 0.15) is 18.4 Å². The number of rotatable bonds is 4. The number of amides is 1. The van der Waals surface area contributed by atoms with Crippen molar-refractivity contribution in [1.29, 1.82) is 0 Å². The van der Waals surface area contributed by atoms with Crippen LogP contribution in [0.4, 0.5) is 0 Å². The molecule has 0 radical (unpaired) electrons. The molecular formula is C19H23ClN2O4. The quantitative estimate of drug-likeness (QED) is 0.866. The van der Waals surface area contributed by atoms with Gasteiger partial charge in [0.05, 0.1) is 24.0 Å². The summed E-state index contributed by atoms with van der Waals surface area (Å²) >= 11 is 5.92. The molecule has 0 spiro atoms. The van der Waals surface area contributed by atoms with E-state index in [9.17, 15) is 14.7 Å². The van der Waals surface area contributed by atoms with Crippen LogP contribution in [0.3, 0.4) is 0 Å². The van der Waals surface area contributed by atoms with Gasteiger partial charge in [-0.05, 0) is 30.5 Å². The molecule has 3 aliphatic rings. The van der Waals surface area contributed by atoms with E-state index in [1.807, 2.05) is 29.2 Å². The number of nitrogens with zero attached hydrogens (tertiary/aromatic N) is 2. The van der Waals surface area contributed by atoms with Gasteiger partial charge in [0.2, 0.25) is 5.91 Å². The van der Waals surface area contributed by atoms with Crippen molar-refractivity contribution in [3.05, 3.63) is 34.9 Å². The summed E-state index contributed by atoms with van der Waals surface area (Å²) in [6.45, 7) is 3.66. The minimum absolute atomic E-state index is 0.0456. The van der Waals surface area contributed by atoms with Gasteiger partial charge in [-0.1, -0.05) is 23.7 Å². The topological polar surface area (TPSA) is 70.1 Å². The van der Waals surface area contributed by atoms with Gasteiger partial charge in [-0.15, -0.1) is 0 Å². The molecule has 6 nitrogen and oxygen atoms in total. The molecule has 1 N–H and O–H groups in total. The average Bonchev–Trinajstić information content (AvgIpc) is 3.25. The fraction of sp³-hybridized carbons (Fsp3) is 0.579. The molecule has 3 fully saturated rings. The van der Waals surface area contributed by atoms with Gasteiger partial charge in [-0.2, -0.15) is 0 Å². The highest BCUT2D eigenvalue weighted by Gasteiger charge is 2.56. The molecule has 1 amide bonds. The first-order valence-electron chi connectivity index (χ1n) is 9.17. The number of carboxylic acid groups (broad SMARTS) is 1. The molecule has 1 aromatic rings. The molecule has 0 saturated carbocycles. The van der Waals surface area contributed by atoms with Crippen LogP contribution in [-0.2, 0) is 20.9 Å². The SMILES string of the molecule is O=C(O)[C@@H]1[C@@H](C(=O)N2CCN(Cc3ccc(Cl)cc3)CC2)[C@H]2CC[C@@H]1O2. The highest BCUT2D eigenvalue weighted by molar-refractivity contribution is 6.30. The summed E-state index contributed by atoms with van der Waals surface area (Å²) in [5.41, 5.74) is 1.20. The van der Waals surface area contributed by atoms with E-state index in [0.717, 1.165) is 37.5 Å². The monoisotopic (exact) mass is 378 g/mol. The lowest BCUT2D eigenvalue weighted by molar-refractivity contribution is -0.151. The van der Waals surface area contributed by atoms with Crippen LogP contribution in [0.25, 0.3) is 0 Å². The molecular weight excluding hydrogens is 356 g/mol. The zero-order chi connectivity index (χ0) is 18.3. The smallest absolute Gasteiger partial charge is 0.310 e. The van der Waals surface area contributed by atoms with Crippen molar-refractivity contribution in [2.75, 3.05) is 26.2 Å². The summed E-state index contributed by atoms with van der Waals surface area (Å²) in [4.78, 5) is 28.7. The Hall–Kier alpha value is -1.63. The van der Waals surface area contributed by atoms with Crippen molar-refractivity contribution >= 4 is 23.5 Å². The molecule has 26 heavy (non-hydrogen) atoms. The van der Waals surface area contributed by atoms with E-state index >= 15 is 0 Å². The number of carbonyl (C=O) groups excluding carboxylic acids is 1. The maximum atomic E-state index is 13.0. The van der Waals surface area contributed by atoms with Gasteiger partial charge in [0.1, 0.15) is 0 Å². The first kappa shape index (κ1) is 17.8. The molecule has 0 aromatic heterocycles. The molecule has 7 heteroatoms. The van der Waals surface area contributed by atoms with Crippen molar-refractivity contribution < 1.29 is 19.4 Å². The predicted octanol–water partition coefficient (Wildman–Crippen LogP) is 1.86. The van der Waals surface area contributed by atoms with Gasteiger partial charge in [0.25, 0.3) is 0 Å². The second-order valence-corrected chi connectivity index (χ2v) is 7.84. The highest BCUT2D eigenvalue weighted by Crippen LogP contribution is 2.44. The Morgan fingerprint density at radius 2 is 1.65 bits per heavy atom. The lowest BCUT2D eigenvalue weighted by Crippen LogP contribution is -2.53. The molecule has 4 atom stereocenters. The van der Waals surface area contributed by atoms with Crippen LogP contribution in [0.15, 0.2) is 24.3 Å². The second-order valence-electron chi connectivity index (χ2n) is 7.41. The van der Waals surface area contributed by atoms with E-state index in [1.54, 1.807) is 0 Å². The Labute approximate surface area is 157 Å². The first-order chi connectivity index (χ1) is 12.5. The molecule has 0 aliphatic carbocycles. The maximum absolute atomic E-state index is 13.0. The third-order valence-electron chi connectivity index (χ3n) is 5.85. The van der Waals surface area contributed by atoms with E-state index in [4.69, 9.17) is 16.3 Å². The zero-order valence-electron chi connectivity index (χ0n) is 14.5. The Morgan fingerprint density at radius 1 is 1.04 bits per heavy atom. The number of ether oxygens (including phenoxy) is 1. The van der Waals surface area contributed by atoms with Crippen LogP contribution in [-0.4, -0.2) is 65.2 Å². The molecule has 140 valence electrons. The summed E-state index contributed by atoms with van der Waals surface area (Å²) in [7, 11) is 0. The number of hydrogen-bond donors (Lipinski definition) is 1. The van der Waals surface area contributed by atoms with Gasteiger partial charge < -0.3 is 14.7 Å². The Morgan fingerprint density at radius 3 is 2.27 bits per heavy atom. The summed E-state index contributed by atoms with van der Waals surface area (Å²) in [5.74, 6) is -2.16. The van der Waals surface area contributed by atoms with Gasteiger partial charge >= 0.3 is 5.97 Å². The lowest BCUT2D eigenvalue weighted by Gasteiger charge is -2.37. The van der Waals surface area contributed by atoms with Crippen LogP contribution < -0.4 is 0 Å². The van der Waals surface area contributed by atoms with Crippen molar-refractivity contribution in [1.82, 2.24) is 9.80 Å². The summed E-state index contributed by atoms with van der Waals surface area (Å²) < 4.78 is 5.73. The normalized spacial score (nSPS) is 31.3. The molecule has 3 saturated heterocycles. The highest BCUT2D eigenvalue weighted by atomic mass is 35.5. The summed E-state index contributed by atoms with van der Waals surface area (Å²) in [6.07, 6.45) is 1.03. The number of carbonyl (C=O) groups is 2. The molecule has 2 bridgehead atoms. The summed E-state index contributed by atoms with van der Waals surface area (Å²) in [5, 5.41) is 10.2. The van der Waals surface area contributed by atoms with Gasteiger partial charge in [-0.25, -0.2) is 0 Å². The molecule has 0 unspecified atom stereocenters. The zero-order valence-corrected chi connectivity index (χ0v) is 15.3. The van der Waals surface area contributed by atoms with Gasteiger partial charge in [0.15, 0.2) is 0 Å². The number of piperazine rings is 1. The second kappa shape index (κ2) is 7.18. The largest absolute Gasteiger partial charge is 0.481 e. The minimum Gasteiger partial charge on any atom is -0.481 e. The van der Waals surface area contributed by atoms with Crippen LogP contribution >= 0.6 is 11.6 Å². The first-order valence-corrected chi connectivity index (χ1v) is 9.54. The number of halogens is 1. The third-order valence-corrected chi connectivity index (χ3v) is 6.10. The van der Waals surface area contributed by atoms with E-state index in [2.05, 4.69) is 4.90 Å². The average molecular weight is 379 g/mol. The number of carboxylic acids is 1. The fourth-order valence-electron chi connectivity index (χ4n) is 4.49. The molecule has 3 heterocycles. The maximum Gasteiger partial charge on any atom is 0.310 e. The Bertz CT molecular complexity index is 687. The molecule has 4 rings (SSSR count). The number of aliphatic carboxylic acids is 1. The standard InChI is InChI=1S/C19H23ClN2O4/c20-13-3-1-12(2-4-13)11-21-7-9-22(10-8-21)18(23)16-14-5-6-15(26-14)17(16)19(24)25/h1-4,14-17H,5-11H2,(H,24,25)/t14-,15+,16+,17+/m1/s1. The van der Waals surface area contributed by atoms with E-state index in [0.29, 0.717) is 13.1 Å². The van der Waals surface area contributed by atoms with Crippen LogP contribution in [0.5, 0.6) is 0 Å². The summed E-state index contributed by atoms with van der Waals surface area (Å²) in [6, 6.07) is 7.81. The van der Waals surface area contributed by atoms with E-state index in [1.165, 1.54) is 5.56 Å². The van der Waals surface area contributed by atoms with Gasteiger partial charge in [0, 0.05) is 37.7 Å². The van der Waals surface area contributed by atoms with Crippen molar-refractivity contribution in [2.45, 2.75) is 31.6 Å². The van der Waals surface area contributed by atoms with Crippen LogP contribution in [0, 0.1) is 11.8 Å². The van der Waals surface area contributed by atoms with Gasteiger partial charge in [-0.3, -0.25) is 14.5 Å². The van der Waals surface area contributed by atoms with Crippen molar-refractivity contribution in [2.24, 2.45) is 11.8 Å². The van der Waals surface area contributed by atoms with E-state index < -0.39 is 17.8 Å². The molecule has 1 aromatic carbocycles. The van der Waals surface area contributed by atoms with Crippen LogP contribution in [0.2, 0.25) is 5.02 Å². The Balaban J connectivity index is 1.35. The fourth-order valence-corrected chi connectivity index (χ4v) is 4.62. The number of benzene rings is 1. The number of hydrogen-bond acceptors (Lipinski definition) is 4.